The number of hydrogen-bond acceptors (Lipinski definition) is 0. The Hall–Kier alpha value is -0.0400. The van der Waals surface area contributed by atoms with Crippen LogP contribution in [0.4, 0.5) is 0 Å². The van der Waals surface area contributed by atoms with Gasteiger partial charge in [-0.05, 0) is 38.5 Å². The van der Waals surface area contributed by atoms with Gasteiger partial charge in [-0.2, -0.15) is 0 Å². The molecule has 0 rings (SSSR count). The Labute approximate surface area is 180 Å². The van der Waals surface area contributed by atoms with Gasteiger partial charge in [0.15, 0.2) is 0 Å². The molecule has 0 saturated heterocycles. The second-order valence-corrected chi connectivity index (χ2v) is 9.80. The largest absolute Gasteiger partial charge is 0.326 e. The standard InChI is InChI=1S/C27H58N/c1-5-8-11-14-15-16-17-18-19-20-21-24-27-28(4,25-22-12-9-6-2)26-23-13-10-7-3/h5-27H2,1-4H3/q+1. The maximum absolute atomic E-state index is 2.55. The molecule has 0 aliphatic rings. The van der Waals surface area contributed by atoms with Crippen molar-refractivity contribution in [1.82, 2.24) is 0 Å². The van der Waals surface area contributed by atoms with Crippen LogP contribution < -0.4 is 0 Å². The Kier molecular flexibility index (Phi) is 21.6. The fraction of sp³-hybridized carbons (Fsp3) is 1.00. The third-order valence-electron chi connectivity index (χ3n) is 6.65. The lowest BCUT2D eigenvalue weighted by Gasteiger charge is -2.35. The van der Waals surface area contributed by atoms with E-state index < -0.39 is 0 Å². The van der Waals surface area contributed by atoms with Crippen LogP contribution in [0.3, 0.4) is 0 Å². The van der Waals surface area contributed by atoms with Crippen molar-refractivity contribution in [3.8, 4) is 0 Å². The number of rotatable bonds is 23. The molecule has 0 bridgehead atoms. The molecule has 0 aliphatic carbocycles. The lowest BCUT2D eigenvalue weighted by molar-refractivity contribution is -0.910. The summed E-state index contributed by atoms with van der Waals surface area (Å²) in [5, 5.41) is 0. The van der Waals surface area contributed by atoms with E-state index in [-0.39, 0.29) is 0 Å². The van der Waals surface area contributed by atoms with E-state index in [1.54, 1.807) is 0 Å². The second-order valence-electron chi connectivity index (χ2n) is 9.80. The molecule has 0 fully saturated rings. The molecule has 1 heteroatoms. The van der Waals surface area contributed by atoms with Crippen LogP contribution >= 0.6 is 0 Å². The third-order valence-corrected chi connectivity index (χ3v) is 6.65. The quantitative estimate of drug-likeness (QED) is 0.119. The van der Waals surface area contributed by atoms with Crippen LogP contribution in [0, 0.1) is 0 Å². The van der Waals surface area contributed by atoms with E-state index >= 15 is 0 Å². The first-order valence-electron chi connectivity index (χ1n) is 13.5. The first-order chi connectivity index (χ1) is 13.7. The van der Waals surface area contributed by atoms with Crippen LogP contribution in [0.1, 0.15) is 149 Å². The van der Waals surface area contributed by atoms with Gasteiger partial charge in [-0.15, -0.1) is 0 Å². The molecule has 28 heavy (non-hydrogen) atoms. The van der Waals surface area contributed by atoms with Crippen molar-refractivity contribution in [3.05, 3.63) is 0 Å². The molecule has 0 radical (unpaired) electrons. The monoisotopic (exact) mass is 396 g/mol. The highest BCUT2D eigenvalue weighted by Crippen LogP contribution is 2.16. The molecule has 0 N–H and O–H groups in total. The number of unbranched alkanes of at least 4 members (excludes halogenated alkanes) is 17. The maximum Gasteiger partial charge on any atom is 0.0784 e. The van der Waals surface area contributed by atoms with Gasteiger partial charge in [-0.3, -0.25) is 0 Å². The van der Waals surface area contributed by atoms with Crippen LogP contribution in [-0.4, -0.2) is 31.2 Å². The van der Waals surface area contributed by atoms with E-state index in [9.17, 15) is 0 Å². The molecule has 0 spiro atoms. The van der Waals surface area contributed by atoms with Crippen LogP contribution in [0.25, 0.3) is 0 Å². The van der Waals surface area contributed by atoms with Crippen molar-refractivity contribution in [3.63, 3.8) is 0 Å². The minimum absolute atomic E-state index is 1.35. The van der Waals surface area contributed by atoms with Crippen molar-refractivity contribution < 1.29 is 4.48 Å². The van der Waals surface area contributed by atoms with Crippen molar-refractivity contribution >= 4 is 0 Å². The average molecular weight is 397 g/mol. The Balaban J connectivity index is 3.75. The van der Waals surface area contributed by atoms with Gasteiger partial charge in [-0.25, -0.2) is 0 Å². The summed E-state index contributed by atoms with van der Waals surface area (Å²) in [7, 11) is 2.55. The Morgan fingerprint density at radius 1 is 0.321 bits per heavy atom. The molecule has 170 valence electrons. The van der Waals surface area contributed by atoms with Gasteiger partial charge in [0.25, 0.3) is 0 Å². The van der Waals surface area contributed by atoms with E-state index in [1.165, 1.54) is 153 Å². The minimum Gasteiger partial charge on any atom is -0.326 e. The van der Waals surface area contributed by atoms with Gasteiger partial charge in [0.2, 0.25) is 0 Å². The van der Waals surface area contributed by atoms with Crippen molar-refractivity contribution in [2.24, 2.45) is 0 Å². The zero-order valence-electron chi connectivity index (χ0n) is 20.7. The second kappa shape index (κ2) is 21.7. The topological polar surface area (TPSA) is 0 Å². The number of quaternary nitrogens is 1. The van der Waals surface area contributed by atoms with E-state index in [0.717, 1.165) is 0 Å². The molecule has 0 aromatic carbocycles. The van der Waals surface area contributed by atoms with Crippen LogP contribution in [0.2, 0.25) is 0 Å². The van der Waals surface area contributed by atoms with Crippen molar-refractivity contribution in [2.45, 2.75) is 149 Å². The SMILES string of the molecule is CCCCCCCCCCCCCC[N+](C)(CCCCCC)CCCCCC. The summed E-state index contributed by atoms with van der Waals surface area (Å²) >= 11 is 0. The van der Waals surface area contributed by atoms with Gasteiger partial charge < -0.3 is 4.48 Å². The fourth-order valence-corrected chi connectivity index (χ4v) is 4.51. The molecule has 1 nitrogen and oxygen atoms in total. The Bertz CT molecular complexity index is 274. The van der Waals surface area contributed by atoms with Crippen molar-refractivity contribution in [1.29, 1.82) is 0 Å². The van der Waals surface area contributed by atoms with Gasteiger partial charge in [-0.1, -0.05) is 111 Å². The zero-order valence-corrected chi connectivity index (χ0v) is 20.7. The van der Waals surface area contributed by atoms with Gasteiger partial charge in [0, 0.05) is 0 Å². The highest BCUT2D eigenvalue weighted by Gasteiger charge is 2.19. The van der Waals surface area contributed by atoms with E-state index in [1.807, 2.05) is 0 Å². The lowest BCUT2D eigenvalue weighted by atomic mass is 10.0. The first-order valence-corrected chi connectivity index (χ1v) is 13.5. The summed E-state index contributed by atoms with van der Waals surface area (Å²) in [6.07, 6.45) is 28.9. The summed E-state index contributed by atoms with van der Waals surface area (Å²) in [6, 6.07) is 0. The molecule has 0 aromatic heterocycles. The summed E-state index contributed by atoms with van der Waals surface area (Å²) in [5.41, 5.74) is 0. The predicted octanol–water partition coefficient (Wildman–Crippen LogP) is 9.29. The summed E-state index contributed by atoms with van der Waals surface area (Å²) < 4.78 is 1.35. The maximum atomic E-state index is 2.55. The fourth-order valence-electron chi connectivity index (χ4n) is 4.51. The Morgan fingerprint density at radius 3 is 0.821 bits per heavy atom. The lowest BCUT2D eigenvalue weighted by Crippen LogP contribution is -2.46. The normalized spacial score (nSPS) is 12.0. The molecule has 0 atom stereocenters. The highest BCUT2D eigenvalue weighted by atomic mass is 15.3. The molecule has 0 heterocycles. The third kappa shape index (κ3) is 19.3. The van der Waals surface area contributed by atoms with Crippen LogP contribution in [-0.2, 0) is 0 Å². The van der Waals surface area contributed by atoms with Crippen molar-refractivity contribution in [2.75, 3.05) is 26.7 Å². The summed E-state index contributed by atoms with van der Waals surface area (Å²) in [6.45, 7) is 11.2. The molecule has 0 unspecified atom stereocenters. The first kappa shape index (κ1) is 28.0. The van der Waals surface area contributed by atoms with E-state index in [4.69, 9.17) is 0 Å². The van der Waals surface area contributed by atoms with Gasteiger partial charge in [0.05, 0.1) is 26.7 Å². The minimum atomic E-state index is 1.35. The average Bonchev–Trinajstić information content (AvgIpc) is 2.70. The van der Waals surface area contributed by atoms with Gasteiger partial charge >= 0.3 is 0 Å². The zero-order chi connectivity index (χ0) is 20.8. The smallest absolute Gasteiger partial charge is 0.0784 e. The highest BCUT2D eigenvalue weighted by molar-refractivity contribution is 4.51. The number of hydrogen-bond donors (Lipinski definition) is 0. The molecule has 0 amide bonds. The number of nitrogens with zero attached hydrogens (tertiary/aromatic N) is 1. The molecule has 0 aliphatic heterocycles. The van der Waals surface area contributed by atoms with E-state index in [0.29, 0.717) is 0 Å². The molecular formula is C27H58N+. The molecule has 0 aromatic rings. The summed E-state index contributed by atoms with van der Waals surface area (Å²) in [5.74, 6) is 0. The van der Waals surface area contributed by atoms with E-state index in [2.05, 4.69) is 27.8 Å². The van der Waals surface area contributed by atoms with Crippen LogP contribution in [0.15, 0.2) is 0 Å². The van der Waals surface area contributed by atoms with Crippen LogP contribution in [0.5, 0.6) is 0 Å². The van der Waals surface area contributed by atoms with Gasteiger partial charge in [0.1, 0.15) is 0 Å². The Morgan fingerprint density at radius 2 is 0.536 bits per heavy atom. The summed E-state index contributed by atoms with van der Waals surface area (Å²) in [4.78, 5) is 0. The molecular weight excluding hydrogens is 338 g/mol. The predicted molar refractivity (Wildman–Crippen MR) is 130 cm³/mol. The molecule has 0 saturated carbocycles.